The molecule has 1 aromatic carbocycles. The van der Waals surface area contributed by atoms with E-state index in [4.69, 9.17) is 11.6 Å². The number of aromatic nitrogens is 1. The Morgan fingerprint density at radius 2 is 2.12 bits per heavy atom. The number of rotatable bonds is 4. The highest BCUT2D eigenvalue weighted by atomic mass is 35.5. The maximum atomic E-state index is 12.8. The minimum absolute atomic E-state index is 0.247. The van der Waals surface area contributed by atoms with Crippen molar-refractivity contribution in [3.05, 3.63) is 56.1 Å². The lowest BCUT2D eigenvalue weighted by atomic mass is 10.1. The Kier molecular flexibility index (Phi) is 4.83. The third kappa shape index (κ3) is 3.15. The molecule has 3 rings (SSSR count). The van der Waals surface area contributed by atoms with Crippen molar-refractivity contribution in [3.8, 4) is 5.75 Å². The van der Waals surface area contributed by atoms with E-state index in [-0.39, 0.29) is 11.3 Å². The zero-order valence-corrected chi connectivity index (χ0v) is 15.4. The van der Waals surface area contributed by atoms with E-state index in [9.17, 15) is 14.7 Å². The number of hydrogen-bond acceptors (Lipinski definition) is 4. The maximum Gasteiger partial charge on any atom is 0.267 e. The van der Waals surface area contributed by atoms with Gasteiger partial charge in [0.05, 0.1) is 10.2 Å². The van der Waals surface area contributed by atoms with E-state index in [1.165, 1.54) is 15.9 Å². The zero-order valence-electron chi connectivity index (χ0n) is 13.8. The number of carbonyl (C=O) groups is 1. The van der Waals surface area contributed by atoms with Crippen molar-refractivity contribution in [2.75, 3.05) is 5.32 Å². The second-order valence-electron chi connectivity index (χ2n) is 5.73. The third-order valence-corrected chi connectivity index (χ3v) is 5.11. The second kappa shape index (κ2) is 6.90. The third-order valence-electron chi connectivity index (χ3n) is 3.97. The first-order chi connectivity index (χ1) is 11.9. The van der Waals surface area contributed by atoms with Crippen LogP contribution in [0.2, 0.25) is 5.02 Å². The van der Waals surface area contributed by atoms with Crippen LogP contribution in [0.3, 0.4) is 0 Å². The first kappa shape index (κ1) is 17.5. The number of carbonyl (C=O) groups excluding carboxylic acids is 1. The fourth-order valence-corrected chi connectivity index (χ4v) is 3.73. The number of aromatic hydroxyl groups is 1. The van der Waals surface area contributed by atoms with Gasteiger partial charge in [-0.25, -0.2) is 0 Å². The molecule has 0 bridgehead atoms. The van der Waals surface area contributed by atoms with Crippen LogP contribution in [0, 0.1) is 6.92 Å². The maximum absolute atomic E-state index is 12.8. The van der Waals surface area contributed by atoms with Crippen LogP contribution in [0.4, 0.5) is 5.69 Å². The second-order valence-corrected chi connectivity index (χ2v) is 7.08. The summed E-state index contributed by atoms with van der Waals surface area (Å²) in [7, 11) is 0. The molecule has 7 heteroatoms. The zero-order chi connectivity index (χ0) is 18.1. The molecule has 130 valence electrons. The molecule has 2 heterocycles. The Hall–Kier alpha value is -2.31. The number of aryl methyl sites for hydroxylation is 2. The fraction of sp³-hybridized carbons (Fsp3) is 0.222. The summed E-state index contributed by atoms with van der Waals surface area (Å²) in [5.41, 5.74) is 1.21. The van der Waals surface area contributed by atoms with Gasteiger partial charge in [-0.2, -0.15) is 0 Å². The quantitative estimate of drug-likeness (QED) is 0.709. The summed E-state index contributed by atoms with van der Waals surface area (Å²) >= 11 is 7.27. The molecule has 2 aromatic heterocycles. The van der Waals surface area contributed by atoms with Gasteiger partial charge >= 0.3 is 0 Å². The van der Waals surface area contributed by atoms with E-state index in [2.05, 4.69) is 5.32 Å². The number of fused-ring (bicyclic) bond motifs is 1. The number of pyridine rings is 1. The number of hydrogen-bond donors (Lipinski definition) is 2. The Balaban J connectivity index is 2.13. The summed E-state index contributed by atoms with van der Waals surface area (Å²) in [6.45, 7) is 4.25. The van der Waals surface area contributed by atoms with E-state index in [1.807, 2.05) is 13.8 Å². The summed E-state index contributed by atoms with van der Waals surface area (Å²) in [6.07, 6.45) is 0.740. The molecule has 0 aliphatic heterocycles. The minimum atomic E-state index is -0.645. The fourth-order valence-electron chi connectivity index (χ4n) is 2.72. The number of halogens is 1. The van der Waals surface area contributed by atoms with Crippen molar-refractivity contribution in [3.63, 3.8) is 0 Å². The number of benzene rings is 1. The highest BCUT2D eigenvalue weighted by Crippen LogP contribution is 2.32. The Labute approximate surface area is 153 Å². The summed E-state index contributed by atoms with van der Waals surface area (Å²) < 4.78 is 2.06. The van der Waals surface area contributed by atoms with Gasteiger partial charge in [0.1, 0.15) is 5.56 Å². The van der Waals surface area contributed by atoms with Crippen molar-refractivity contribution in [2.45, 2.75) is 26.8 Å². The summed E-state index contributed by atoms with van der Waals surface area (Å²) in [4.78, 5) is 25.5. The van der Waals surface area contributed by atoms with Crippen molar-refractivity contribution in [1.82, 2.24) is 4.57 Å². The number of nitrogens with one attached hydrogen (secondary N) is 1. The summed E-state index contributed by atoms with van der Waals surface area (Å²) in [6, 6.07) is 6.88. The Morgan fingerprint density at radius 1 is 1.36 bits per heavy atom. The SMILES string of the molecule is CCCn1c(=O)c(C(=O)Nc2cc(Cl)ccc2C)c(O)c2sccc21. The highest BCUT2D eigenvalue weighted by molar-refractivity contribution is 7.17. The summed E-state index contributed by atoms with van der Waals surface area (Å²) in [5.74, 6) is -0.924. The van der Waals surface area contributed by atoms with Gasteiger partial charge in [0.2, 0.25) is 0 Å². The molecule has 0 atom stereocenters. The number of anilines is 1. The van der Waals surface area contributed by atoms with Gasteiger partial charge in [0.15, 0.2) is 5.75 Å². The first-order valence-corrected chi connectivity index (χ1v) is 9.10. The molecule has 0 saturated heterocycles. The van der Waals surface area contributed by atoms with E-state index in [1.54, 1.807) is 29.6 Å². The lowest BCUT2D eigenvalue weighted by molar-refractivity contribution is 0.102. The minimum Gasteiger partial charge on any atom is -0.505 e. The van der Waals surface area contributed by atoms with E-state index in [0.29, 0.717) is 27.5 Å². The van der Waals surface area contributed by atoms with Crippen LogP contribution in [0.25, 0.3) is 10.2 Å². The van der Waals surface area contributed by atoms with Gasteiger partial charge in [-0.1, -0.05) is 24.6 Å². The van der Waals surface area contributed by atoms with Crippen molar-refractivity contribution in [2.24, 2.45) is 0 Å². The molecular formula is C18H17ClN2O3S. The largest absolute Gasteiger partial charge is 0.505 e. The average Bonchev–Trinajstić information content (AvgIpc) is 3.05. The molecule has 0 saturated carbocycles. The van der Waals surface area contributed by atoms with Crippen LogP contribution in [0.1, 0.15) is 29.3 Å². The molecule has 5 nitrogen and oxygen atoms in total. The van der Waals surface area contributed by atoms with Gasteiger partial charge in [-0.05, 0) is 42.5 Å². The first-order valence-electron chi connectivity index (χ1n) is 7.84. The van der Waals surface area contributed by atoms with Gasteiger partial charge in [-0.3, -0.25) is 9.59 Å². The van der Waals surface area contributed by atoms with Gasteiger partial charge in [0, 0.05) is 17.3 Å². The van der Waals surface area contributed by atoms with E-state index >= 15 is 0 Å². The number of amides is 1. The summed E-state index contributed by atoms with van der Waals surface area (Å²) in [5, 5.41) is 15.4. The van der Waals surface area contributed by atoms with Crippen LogP contribution in [0.5, 0.6) is 5.75 Å². The molecule has 0 unspecified atom stereocenters. The molecular weight excluding hydrogens is 360 g/mol. The van der Waals surface area contributed by atoms with E-state index < -0.39 is 11.5 Å². The topological polar surface area (TPSA) is 71.3 Å². The van der Waals surface area contributed by atoms with Crippen LogP contribution < -0.4 is 10.9 Å². The highest BCUT2D eigenvalue weighted by Gasteiger charge is 2.23. The smallest absolute Gasteiger partial charge is 0.267 e. The van der Waals surface area contributed by atoms with E-state index in [0.717, 1.165) is 12.0 Å². The molecule has 25 heavy (non-hydrogen) atoms. The van der Waals surface area contributed by atoms with Gasteiger partial charge in [-0.15, -0.1) is 11.3 Å². The van der Waals surface area contributed by atoms with Crippen LogP contribution in [0.15, 0.2) is 34.4 Å². The van der Waals surface area contributed by atoms with Crippen LogP contribution in [-0.2, 0) is 6.54 Å². The lowest BCUT2D eigenvalue weighted by Gasteiger charge is -2.13. The molecule has 0 aliphatic rings. The number of nitrogens with zero attached hydrogens (tertiary/aromatic N) is 1. The number of thiophene rings is 1. The molecule has 3 aromatic rings. The Bertz CT molecular complexity index is 1020. The van der Waals surface area contributed by atoms with Crippen molar-refractivity contribution < 1.29 is 9.90 Å². The van der Waals surface area contributed by atoms with Crippen LogP contribution >= 0.6 is 22.9 Å². The predicted octanol–water partition coefficient (Wildman–Crippen LogP) is 4.39. The van der Waals surface area contributed by atoms with Crippen molar-refractivity contribution in [1.29, 1.82) is 0 Å². The normalized spacial score (nSPS) is 11.0. The van der Waals surface area contributed by atoms with Crippen molar-refractivity contribution >= 4 is 44.7 Å². The molecule has 0 fully saturated rings. The standard InChI is InChI=1S/C18H17ClN2O3S/c1-3-7-21-13-6-8-25-16(13)15(22)14(18(21)24)17(23)20-12-9-11(19)5-4-10(12)2/h4-6,8-9,22H,3,7H2,1-2H3,(H,20,23). The molecule has 2 N–H and O–H groups in total. The van der Waals surface area contributed by atoms with Gasteiger partial charge < -0.3 is 15.0 Å². The lowest BCUT2D eigenvalue weighted by Crippen LogP contribution is -2.29. The predicted molar refractivity (Wildman–Crippen MR) is 102 cm³/mol. The average molecular weight is 377 g/mol. The molecule has 0 spiro atoms. The Morgan fingerprint density at radius 3 is 2.84 bits per heavy atom. The molecule has 1 amide bonds. The molecule has 0 aliphatic carbocycles. The van der Waals surface area contributed by atoms with Gasteiger partial charge in [0.25, 0.3) is 11.5 Å². The monoisotopic (exact) mass is 376 g/mol. The van der Waals surface area contributed by atoms with Crippen LogP contribution in [-0.4, -0.2) is 15.6 Å². The molecule has 0 radical (unpaired) electrons.